The minimum atomic E-state index is 0.0943. The monoisotopic (exact) mass is 375 g/mol. The lowest BCUT2D eigenvalue weighted by atomic mass is 10.0. The van der Waals surface area contributed by atoms with Gasteiger partial charge >= 0.3 is 0 Å². The second-order valence-corrected chi connectivity index (χ2v) is 7.26. The van der Waals surface area contributed by atoms with Crippen LogP contribution in [0.25, 0.3) is 11.3 Å². The molecule has 3 aromatic rings. The van der Waals surface area contributed by atoms with E-state index in [9.17, 15) is 4.79 Å². The predicted molar refractivity (Wildman–Crippen MR) is 109 cm³/mol. The smallest absolute Gasteiger partial charge is 0.223 e. The van der Waals surface area contributed by atoms with Crippen LogP contribution in [0.5, 0.6) is 0 Å². The van der Waals surface area contributed by atoms with Crippen LogP contribution in [-0.2, 0) is 11.2 Å². The van der Waals surface area contributed by atoms with Gasteiger partial charge in [0.05, 0.1) is 12.2 Å². The molecule has 4 rings (SSSR count). The van der Waals surface area contributed by atoms with Crippen molar-refractivity contribution in [3.05, 3.63) is 78.3 Å². The summed E-state index contributed by atoms with van der Waals surface area (Å²) in [6.07, 6.45) is 2.65. The number of rotatable bonds is 5. The molecule has 1 aliphatic heterocycles. The first-order chi connectivity index (χ1) is 13.7. The van der Waals surface area contributed by atoms with E-state index >= 15 is 0 Å². The molecule has 5 nitrogen and oxygen atoms in total. The fourth-order valence-corrected chi connectivity index (χ4v) is 3.70. The fourth-order valence-electron chi connectivity index (χ4n) is 3.70. The Kier molecular flexibility index (Phi) is 5.53. The average molecular weight is 375 g/mol. The van der Waals surface area contributed by atoms with Gasteiger partial charge in [0, 0.05) is 38.0 Å². The van der Waals surface area contributed by atoms with Gasteiger partial charge in [-0.05, 0) is 12.6 Å². The van der Waals surface area contributed by atoms with Gasteiger partial charge in [-0.15, -0.1) is 0 Å². The maximum atomic E-state index is 13.0. The van der Waals surface area contributed by atoms with E-state index in [1.807, 2.05) is 53.4 Å². The van der Waals surface area contributed by atoms with Crippen LogP contribution in [0.4, 0.5) is 0 Å². The second kappa shape index (κ2) is 8.40. The second-order valence-electron chi connectivity index (χ2n) is 7.26. The van der Waals surface area contributed by atoms with Crippen molar-refractivity contribution in [1.82, 2.24) is 14.8 Å². The van der Waals surface area contributed by atoms with Gasteiger partial charge in [0.15, 0.2) is 11.7 Å². The number of likely N-dealkylation sites (N-methyl/N-ethyl adjacent to an activating group) is 1. The molecule has 2 heterocycles. The van der Waals surface area contributed by atoms with Gasteiger partial charge in [-0.2, -0.15) is 0 Å². The molecule has 144 valence electrons. The Hall–Kier alpha value is -2.92. The number of piperazine rings is 1. The maximum absolute atomic E-state index is 13.0. The van der Waals surface area contributed by atoms with Crippen molar-refractivity contribution >= 4 is 5.91 Å². The fraction of sp³-hybridized carbons (Fsp3) is 0.304. The molecule has 0 spiro atoms. The lowest BCUT2D eigenvalue weighted by Gasteiger charge is -2.40. The lowest BCUT2D eigenvalue weighted by molar-refractivity contribution is -0.136. The molecule has 1 saturated heterocycles. The topological polar surface area (TPSA) is 49.6 Å². The molecule has 1 fully saturated rings. The Morgan fingerprint density at radius 1 is 1.07 bits per heavy atom. The SMILES string of the molecule is CN1CCN(C(=O)CCc2ncc(-c3ccccc3)o2)[C@@H](c2ccccc2)C1. The molecule has 0 N–H and O–H groups in total. The van der Waals surface area contributed by atoms with Crippen LogP contribution < -0.4 is 0 Å². The molecule has 1 atom stereocenters. The first-order valence-electron chi connectivity index (χ1n) is 9.74. The number of benzene rings is 2. The van der Waals surface area contributed by atoms with Crippen LogP contribution in [0.3, 0.4) is 0 Å². The van der Waals surface area contributed by atoms with Crippen molar-refractivity contribution in [2.24, 2.45) is 0 Å². The minimum absolute atomic E-state index is 0.0943. The van der Waals surface area contributed by atoms with Gasteiger partial charge in [0.25, 0.3) is 0 Å². The molecular formula is C23H25N3O2. The van der Waals surface area contributed by atoms with Crippen molar-refractivity contribution in [3.8, 4) is 11.3 Å². The zero-order valence-corrected chi connectivity index (χ0v) is 16.1. The summed E-state index contributed by atoms with van der Waals surface area (Å²) < 4.78 is 5.85. The van der Waals surface area contributed by atoms with Crippen LogP contribution in [0.15, 0.2) is 71.3 Å². The summed E-state index contributed by atoms with van der Waals surface area (Å²) in [7, 11) is 2.11. The largest absolute Gasteiger partial charge is 0.441 e. The Labute approximate surface area is 165 Å². The Balaban J connectivity index is 1.42. The zero-order chi connectivity index (χ0) is 19.3. The summed E-state index contributed by atoms with van der Waals surface area (Å²) in [4.78, 5) is 21.6. The van der Waals surface area contributed by atoms with Crippen molar-refractivity contribution in [3.63, 3.8) is 0 Å². The van der Waals surface area contributed by atoms with E-state index in [0.29, 0.717) is 18.7 Å². The highest BCUT2D eigenvalue weighted by atomic mass is 16.4. The molecule has 0 radical (unpaired) electrons. The number of hydrogen-bond donors (Lipinski definition) is 0. The van der Waals surface area contributed by atoms with Gasteiger partial charge in [-0.1, -0.05) is 60.7 Å². The van der Waals surface area contributed by atoms with Crippen LogP contribution in [0.2, 0.25) is 0 Å². The highest BCUT2D eigenvalue weighted by Crippen LogP contribution is 2.26. The van der Waals surface area contributed by atoms with E-state index in [2.05, 4.69) is 29.1 Å². The van der Waals surface area contributed by atoms with E-state index in [-0.39, 0.29) is 11.9 Å². The zero-order valence-electron chi connectivity index (χ0n) is 16.1. The molecule has 2 aromatic carbocycles. The van der Waals surface area contributed by atoms with Crippen molar-refractivity contribution < 1.29 is 9.21 Å². The van der Waals surface area contributed by atoms with Gasteiger partial charge in [-0.3, -0.25) is 4.79 Å². The lowest BCUT2D eigenvalue weighted by Crippen LogP contribution is -2.49. The predicted octanol–water partition coefficient (Wildman–Crippen LogP) is 3.79. The molecule has 0 bridgehead atoms. The van der Waals surface area contributed by atoms with Crippen LogP contribution in [0, 0.1) is 0 Å². The third-order valence-corrected chi connectivity index (χ3v) is 5.25. The van der Waals surface area contributed by atoms with Crippen molar-refractivity contribution in [1.29, 1.82) is 0 Å². The first-order valence-corrected chi connectivity index (χ1v) is 9.74. The highest BCUT2D eigenvalue weighted by Gasteiger charge is 2.30. The number of aromatic nitrogens is 1. The summed E-state index contributed by atoms with van der Waals surface area (Å²) in [5.74, 6) is 1.50. The number of aryl methyl sites for hydroxylation is 1. The van der Waals surface area contributed by atoms with Crippen LogP contribution >= 0.6 is 0 Å². The minimum Gasteiger partial charge on any atom is -0.441 e. The van der Waals surface area contributed by atoms with E-state index < -0.39 is 0 Å². The molecule has 1 amide bonds. The molecule has 0 aliphatic carbocycles. The van der Waals surface area contributed by atoms with Crippen LogP contribution in [0.1, 0.15) is 23.9 Å². The third-order valence-electron chi connectivity index (χ3n) is 5.25. The van der Waals surface area contributed by atoms with Crippen LogP contribution in [-0.4, -0.2) is 47.4 Å². The summed E-state index contributed by atoms with van der Waals surface area (Å²) in [5, 5.41) is 0. The maximum Gasteiger partial charge on any atom is 0.223 e. The Bertz CT molecular complexity index is 908. The number of carbonyl (C=O) groups excluding carboxylic acids is 1. The van der Waals surface area contributed by atoms with Gasteiger partial charge in [0.1, 0.15) is 0 Å². The van der Waals surface area contributed by atoms with E-state index in [4.69, 9.17) is 4.42 Å². The summed E-state index contributed by atoms with van der Waals surface area (Å²) >= 11 is 0. The molecule has 0 unspecified atom stereocenters. The first kappa shape index (κ1) is 18.4. The quantitative estimate of drug-likeness (QED) is 0.681. The van der Waals surface area contributed by atoms with Gasteiger partial charge < -0.3 is 14.2 Å². The number of oxazole rings is 1. The standard InChI is InChI=1S/C23H25N3O2/c1-25-14-15-26(20(17-25)18-8-4-2-5-9-18)23(27)13-12-22-24-16-21(28-22)19-10-6-3-7-11-19/h2-11,16,20H,12-15,17H2,1H3/t20-/m1/s1. The van der Waals surface area contributed by atoms with Gasteiger partial charge in [0.2, 0.25) is 5.91 Å². The molecule has 28 heavy (non-hydrogen) atoms. The Morgan fingerprint density at radius 3 is 2.54 bits per heavy atom. The average Bonchev–Trinajstić information content (AvgIpc) is 3.22. The van der Waals surface area contributed by atoms with Crippen molar-refractivity contribution in [2.45, 2.75) is 18.9 Å². The summed E-state index contributed by atoms with van der Waals surface area (Å²) in [5.41, 5.74) is 2.18. The van der Waals surface area contributed by atoms with Gasteiger partial charge in [-0.25, -0.2) is 4.98 Å². The van der Waals surface area contributed by atoms with Crippen molar-refractivity contribution in [2.75, 3.05) is 26.7 Å². The number of hydrogen-bond acceptors (Lipinski definition) is 4. The summed E-state index contributed by atoms with van der Waals surface area (Å²) in [6.45, 7) is 2.49. The third kappa shape index (κ3) is 4.15. The Morgan fingerprint density at radius 2 is 1.79 bits per heavy atom. The van der Waals surface area contributed by atoms with E-state index in [1.54, 1.807) is 6.20 Å². The number of amides is 1. The molecule has 1 aliphatic rings. The van der Waals surface area contributed by atoms with E-state index in [0.717, 1.165) is 31.0 Å². The molecule has 5 heteroatoms. The summed E-state index contributed by atoms with van der Waals surface area (Å²) in [6, 6.07) is 20.3. The number of nitrogens with zero attached hydrogens (tertiary/aromatic N) is 3. The normalized spacial score (nSPS) is 17.6. The molecule has 1 aromatic heterocycles. The van der Waals surface area contributed by atoms with E-state index in [1.165, 1.54) is 5.56 Å². The molecule has 0 saturated carbocycles. The highest BCUT2D eigenvalue weighted by molar-refractivity contribution is 5.77. The number of carbonyl (C=O) groups is 1. The molecular weight excluding hydrogens is 350 g/mol.